The van der Waals surface area contributed by atoms with Gasteiger partial charge in [-0.25, -0.2) is 14.2 Å². The zero-order chi connectivity index (χ0) is 27.9. The van der Waals surface area contributed by atoms with E-state index >= 15 is 0 Å². The number of rotatable bonds is 7. The number of benzene rings is 1. The van der Waals surface area contributed by atoms with Crippen molar-refractivity contribution in [3.8, 4) is 11.8 Å². The number of halogens is 1. The lowest BCUT2D eigenvalue weighted by Crippen LogP contribution is -2.56. The number of unbranched alkanes of at least 4 members (excludes halogenated alkanes) is 1. The molecule has 11 heteroatoms. The zero-order valence-electron chi connectivity index (χ0n) is 22.4. The molecule has 10 nitrogen and oxygen atoms in total. The summed E-state index contributed by atoms with van der Waals surface area (Å²) in [6.45, 7) is 7.29. The van der Waals surface area contributed by atoms with Crippen molar-refractivity contribution < 1.29 is 23.8 Å². The molecule has 0 aliphatic carbocycles. The minimum Gasteiger partial charge on any atom is -0.444 e. The van der Waals surface area contributed by atoms with E-state index in [0.29, 0.717) is 42.4 Å². The van der Waals surface area contributed by atoms with Crippen molar-refractivity contribution >= 4 is 29.5 Å². The molecule has 0 unspecified atom stereocenters. The molecule has 0 radical (unpaired) electrons. The van der Waals surface area contributed by atoms with Crippen LogP contribution in [0.5, 0.6) is 0 Å². The van der Waals surface area contributed by atoms with Gasteiger partial charge >= 0.3 is 6.09 Å². The lowest BCUT2D eigenvalue weighted by Gasteiger charge is -2.34. The normalized spacial score (nSPS) is 18.8. The molecule has 1 aromatic carbocycles. The SMILES string of the molecule is CNc1nc(Nc2ccc(F)cc2)ncc1C#CCCCNC(=O)[C@]1(C)C[C@H](O)CN1C(=O)OC(C)(C)C. The fourth-order valence-electron chi connectivity index (χ4n) is 3.97. The van der Waals surface area contributed by atoms with Crippen LogP contribution in [0, 0.1) is 17.7 Å². The maximum absolute atomic E-state index is 13.1. The van der Waals surface area contributed by atoms with Crippen LogP contribution in [-0.2, 0) is 9.53 Å². The Hall–Kier alpha value is -3.91. The molecule has 0 spiro atoms. The minimum absolute atomic E-state index is 0.0401. The van der Waals surface area contributed by atoms with Gasteiger partial charge in [0, 0.05) is 32.1 Å². The summed E-state index contributed by atoms with van der Waals surface area (Å²) < 4.78 is 18.5. The summed E-state index contributed by atoms with van der Waals surface area (Å²) in [6, 6.07) is 5.87. The van der Waals surface area contributed by atoms with Gasteiger partial charge in [-0.3, -0.25) is 9.69 Å². The van der Waals surface area contributed by atoms with E-state index in [-0.39, 0.29) is 24.7 Å². The summed E-state index contributed by atoms with van der Waals surface area (Å²) in [5.41, 5.74) is -0.639. The summed E-state index contributed by atoms with van der Waals surface area (Å²) in [6.07, 6.45) is 1.40. The van der Waals surface area contributed by atoms with E-state index in [4.69, 9.17) is 4.74 Å². The van der Waals surface area contributed by atoms with E-state index in [2.05, 4.69) is 37.8 Å². The first-order chi connectivity index (χ1) is 17.9. The lowest BCUT2D eigenvalue weighted by atomic mass is 9.97. The van der Waals surface area contributed by atoms with Gasteiger partial charge < -0.3 is 25.8 Å². The number of anilines is 3. The Balaban J connectivity index is 1.52. The minimum atomic E-state index is -1.20. The number of nitrogens with zero attached hydrogens (tertiary/aromatic N) is 3. The second-order valence-corrected chi connectivity index (χ2v) is 10.2. The zero-order valence-corrected chi connectivity index (χ0v) is 22.4. The number of aromatic nitrogens is 2. The molecule has 1 saturated heterocycles. The number of carbonyl (C=O) groups is 2. The van der Waals surface area contributed by atoms with Gasteiger partial charge in [-0.15, -0.1) is 0 Å². The van der Waals surface area contributed by atoms with Crippen molar-refractivity contribution in [1.29, 1.82) is 0 Å². The molecule has 0 saturated carbocycles. The van der Waals surface area contributed by atoms with Crippen LogP contribution in [0.3, 0.4) is 0 Å². The highest BCUT2D eigenvalue weighted by Gasteiger charge is 2.50. The number of hydrogen-bond acceptors (Lipinski definition) is 8. The quantitative estimate of drug-likeness (QED) is 0.319. The number of nitrogens with one attached hydrogen (secondary N) is 3. The van der Waals surface area contributed by atoms with Crippen LogP contribution in [0.1, 0.15) is 52.5 Å². The van der Waals surface area contributed by atoms with E-state index in [1.807, 2.05) is 0 Å². The fourth-order valence-corrected chi connectivity index (χ4v) is 3.97. The number of hydrogen-bond donors (Lipinski definition) is 4. The van der Waals surface area contributed by atoms with Crippen LogP contribution in [0.15, 0.2) is 30.5 Å². The first-order valence-corrected chi connectivity index (χ1v) is 12.4. The Kier molecular flexibility index (Phi) is 9.12. The van der Waals surface area contributed by atoms with Gasteiger partial charge in [-0.05, 0) is 58.4 Å². The molecule has 3 rings (SSSR count). The molecule has 204 valence electrons. The van der Waals surface area contributed by atoms with E-state index in [1.54, 1.807) is 53.1 Å². The van der Waals surface area contributed by atoms with Crippen LogP contribution in [0.2, 0.25) is 0 Å². The van der Waals surface area contributed by atoms with Crippen molar-refractivity contribution in [3.63, 3.8) is 0 Å². The molecule has 2 atom stereocenters. The third-order valence-electron chi connectivity index (χ3n) is 5.84. The highest BCUT2D eigenvalue weighted by Crippen LogP contribution is 2.31. The van der Waals surface area contributed by atoms with E-state index in [0.717, 1.165) is 0 Å². The van der Waals surface area contributed by atoms with Crippen molar-refractivity contribution in [2.75, 3.05) is 30.8 Å². The third kappa shape index (κ3) is 7.55. The van der Waals surface area contributed by atoms with Crippen molar-refractivity contribution in [2.45, 2.75) is 64.2 Å². The maximum Gasteiger partial charge on any atom is 0.411 e. The van der Waals surface area contributed by atoms with Gasteiger partial charge in [0.25, 0.3) is 0 Å². The molecule has 2 heterocycles. The largest absolute Gasteiger partial charge is 0.444 e. The standard InChI is InChI=1S/C27H35FN6O4/c1-26(2,3)38-25(37)34-17-21(35)15-27(34,4)23(36)30-14-8-6-7-9-18-16-31-24(33-22(18)29-5)32-20-12-10-19(28)11-13-20/h10-13,16,21,35H,6,8,14-15,17H2,1-5H3,(H,30,36)(H2,29,31,32,33)/t21-,27-/m0/s1. The lowest BCUT2D eigenvalue weighted by molar-refractivity contribution is -0.131. The van der Waals surface area contributed by atoms with Gasteiger partial charge in [0.05, 0.1) is 24.4 Å². The molecule has 4 N–H and O–H groups in total. The molecule has 38 heavy (non-hydrogen) atoms. The summed E-state index contributed by atoms with van der Waals surface area (Å²) in [7, 11) is 1.73. The molecule has 2 amide bonds. The molecule has 1 fully saturated rings. The van der Waals surface area contributed by atoms with Crippen molar-refractivity contribution in [1.82, 2.24) is 20.2 Å². The van der Waals surface area contributed by atoms with E-state index in [1.165, 1.54) is 17.0 Å². The van der Waals surface area contributed by atoms with Crippen LogP contribution in [0.25, 0.3) is 0 Å². The maximum atomic E-state index is 13.1. The molecule has 1 aliphatic heterocycles. The smallest absolute Gasteiger partial charge is 0.411 e. The molecule has 0 bridgehead atoms. The van der Waals surface area contributed by atoms with Gasteiger partial charge in [0.1, 0.15) is 22.8 Å². The topological polar surface area (TPSA) is 129 Å². The number of amides is 2. The number of β-amino-alcohol motifs (C(OH)–C–C–N with tert-alkyl or cyclic N) is 1. The van der Waals surface area contributed by atoms with Crippen molar-refractivity contribution in [3.05, 3.63) is 41.8 Å². The highest BCUT2D eigenvalue weighted by atomic mass is 19.1. The fraction of sp³-hybridized carbons (Fsp3) is 0.481. The predicted octanol–water partition coefficient (Wildman–Crippen LogP) is 3.41. The van der Waals surface area contributed by atoms with Crippen LogP contribution >= 0.6 is 0 Å². The summed E-state index contributed by atoms with van der Waals surface area (Å²) in [4.78, 5) is 35.5. The van der Waals surface area contributed by atoms with Gasteiger partial charge in [0.15, 0.2) is 0 Å². The Morgan fingerprint density at radius 1 is 1.29 bits per heavy atom. The second kappa shape index (κ2) is 12.1. The Morgan fingerprint density at radius 2 is 2.00 bits per heavy atom. The Labute approximate surface area is 222 Å². The Bertz CT molecular complexity index is 1200. The number of carbonyl (C=O) groups excluding carboxylic acids is 2. The summed E-state index contributed by atoms with van der Waals surface area (Å²) in [5, 5.41) is 19.0. The average Bonchev–Trinajstić information content (AvgIpc) is 3.17. The average molecular weight is 527 g/mol. The van der Waals surface area contributed by atoms with Gasteiger partial charge in [-0.2, -0.15) is 4.98 Å². The Morgan fingerprint density at radius 3 is 2.66 bits per heavy atom. The summed E-state index contributed by atoms with van der Waals surface area (Å²) in [5.74, 6) is 6.31. The van der Waals surface area contributed by atoms with Gasteiger partial charge in [0.2, 0.25) is 11.9 Å². The second-order valence-electron chi connectivity index (χ2n) is 10.2. The molecule has 1 aliphatic rings. The highest BCUT2D eigenvalue weighted by molar-refractivity contribution is 5.90. The van der Waals surface area contributed by atoms with Crippen molar-refractivity contribution in [2.24, 2.45) is 0 Å². The van der Waals surface area contributed by atoms with Crippen LogP contribution < -0.4 is 16.0 Å². The number of aliphatic hydroxyl groups is 1. The molecular weight excluding hydrogens is 491 g/mol. The van der Waals surface area contributed by atoms with Crippen LogP contribution in [-0.4, -0.2) is 69.4 Å². The summed E-state index contributed by atoms with van der Waals surface area (Å²) >= 11 is 0. The molecular formula is C27H35FN6O4. The number of ether oxygens (including phenoxy) is 1. The molecule has 1 aromatic heterocycles. The monoisotopic (exact) mass is 526 g/mol. The number of aliphatic hydroxyl groups excluding tert-OH is 1. The van der Waals surface area contributed by atoms with E-state index in [9.17, 15) is 19.1 Å². The third-order valence-corrected chi connectivity index (χ3v) is 5.84. The van der Waals surface area contributed by atoms with Gasteiger partial charge in [-0.1, -0.05) is 11.8 Å². The predicted molar refractivity (Wildman–Crippen MR) is 142 cm³/mol. The van der Waals surface area contributed by atoms with E-state index < -0.39 is 23.3 Å². The first kappa shape index (κ1) is 28.7. The van der Waals surface area contributed by atoms with Crippen LogP contribution in [0.4, 0.5) is 26.6 Å². The first-order valence-electron chi connectivity index (χ1n) is 12.4. The molecule has 2 aromatic rings. The number of likely N-dealkylation sites (tertiary alicyclic amines) is 1.